The summed E-state index contributed by atoms with van der Waals surface area (Å²) >= 11 is 0. The molecule has 0 saturated carbocycles. The molecule has 0 N–H and O–H groups in total. The van der Waals surface area contributed by atoms with E-state index in [-0.39, 0.29) is 5.82 Å². The summed E-state index contributed by atoms with van der Waals surface area (Å²) in [6, 6.07) is 29.7. The van der Waals surface area contributed by atoms with Crippen molar-refractivity contribution in [2.75, 3.05) is 0 Å². The van der Waals surface area contributed by atoms with Gasteiger partial charge in [0.15, 0.2) is 0 Å². The Labute approximate surface area is 153 Å². The Morgan fingerprint density at radius 1 is 0.654 bits per heavy atom. The minimum absolute atomic E-state index is 0.211. The largest absolute Gasteiger partial charge is 0.347 e. The van der Waals surface area contributed by atoms with Gasteiger partial charge < -0.3 is 4.57 Å². The van der Waals surface area contributed by atoms with E-state index < -0.39 is 0 Å². The normalized spacial score (nSPS) is 10.8. The van der Waals surface area contributed by atoms with Gasteiger partial charge in [0.1, 0.15) is 5.82 Å². The molecule has 0 bridgehead atoms. The molecule has 0 unspecified atom stereocenters. The van der Waals surface area contributed by atoms with Crippen LogP contribution in [0, 0.1) is 5.82 Å². The second-order valence-electron chi connectivity index (χ2n) is 6.38. The van der Waals surface area contributed by atoms with E-state index in [1.807, 2.05) is 36.4 Å². The third-order valence-corrected chi connectivity index (χ3v) is 4.65. The maximum atomic E-state index is 13.4. The Bertz CT molecular complexity index is 970. The summed E-state index contributed by atoms with van der Waals surface area (Å²) < 4.78 is 15.7. The lowest BCUT2D eigenvalue weighted by molar-refractivity contribution is 0.628. The maximum Gasteiger partial charge on any atom is 0.123 e. The second-order valence-corrected chi connectivity index (χ2v) is 6.38. The van der Waals surface area contributed by atoms with Crippen LogP contribution in [0.3, 0.4) is 0 Å². The molecule has 0 aliphatic heterocycles. The van der Waals surface area contributed by atoms with E-state index in [1.165, 1.54) is 28.8 Å². The summed E-state index contributed by atoms with van der Waals surface area (Å²) in [5, 5.41) is 0. The summed E-state index contributed by atoms with van der Waals surface area (Å²) in [5.41, 5.74) is 5.82. The molecule has 3 aromatic carbocycles. The average molecular weight is 341 g/mol. The first-order chi connectivity index (χ1) is 12.8. The van der Waals surface area contributed by atoms with Gasteiger partial charge in [-0.05, 0) is 53.4 Å². The van der Waals surface area contributed by atoms with E-state index >= 15 is 0 Å². The zero-order valence-corrected chi connectivity index (χ0v) is 14.5. The van der Waals surface area contributed by atoms with Crippen molar-refractivity contribution in [3.63, 3.8) is 0 Å². The van der Waals surface area contributed by atoms with E-state index in [0.717, 1.165) is 24.2 Å². The zero-order valence-electron chi connectivity index (χ0n) is 14.5. The molecule has 0 aliphatic rings. The first-order valence-electron chi connectivity index (χ1n) is 8.86. The van der Waals surface area contributed by atoms with Crippen LogP contribution < -0.4 is 0 Å². The smallest absolute Gasteiger partial charge is 0.123 e. The van der Waals surface area contributed by atoms with Gasteiger partial charge in [-0.3, -0.25) is 0 Å². The molecule has 4 aromatic rings. The molecule has 128 valence electrons. The fraction of sp³-hybridized carbons (Fsp3) is 0.0833. The van der Waals surface area contributed by atoms with Gasteiger partial charge in [-0.15, -0.1) is 0 Å². The third kappa shape index (κ3) is 3.45. The third-order valence-electron chi connectivity index (χ3n) is 4.65. The lowest BCUT2D eigenvalue weighted by Crippen LogP contribution is -2.02. The Hall–Kier alpha value is -3.13. The molecule has 2 heteroatoms. The van der Waals surface area contributed by atoms with Gasteiger partial charge in [-0.1, -0.05) is 60.7 Å². The van der Waals surface area contributed by atoms with Gasteiger partial charge in [-0.2, -0.15) is 0 Å². The molecule has 1 heterocycles. The first-order valence-corrected chi connectivity index (χ1v) is 8.86. The van der Waals surface area contributed by atoms with Crippen LogP contribution in [0.4, 0.5) is 4.39 Å². The minimum Gasteiger partial charge on any atom is -0.347 e. The Balaban J connectivity index is 1.74. The second kappa shape index (κ2) is 7.40. The van der Waals surface area contributed by atoms with Crippen LogP contribution in [0.15, 0.2) is 97.2 Å². The number of aromatic nitrogens is 1. The fourth-order valence-electron chi connectivity index (χ4n) is 3.33. The quantitative estimate of drug-likeness (QED) is 0.407. The summed E-state index contributed by atoms with van der Waals surface area (Å²) in [7, 11) is 0. The number of rotatable bonds is 5. The van der Waals surface area contributed by atoms with Gasteiger partial charge in [0.2, 0.25) is 0 Å². The Morgan fingerprint density at radius 2 is 1.31 bits per heavy atom. The van der Waals surface area contributed by atoms with Gasteiger partial charge in [-0.25, -0.2) is 4.39 Å². The number of aryl methyl sites for hydroxylation is 2. The van der Waals surface area contributed by atoms with E-state index in [2.05, 4.69) is 53.2 Å². The van der Waals surface area contributed by atoms with Gasteiger partial charge in [0, 0.05) is 18.3 Å². The van der Waals surface area contributed by atoms with Gasteiger partial charge in [0.25, 0.3) is 0 Å². The van der Waals surface area contributed by atoms with Crippen LogP contribution in [-0.2, 0) is 13.0 Å². The highest BCUT2D eigenvalue weighted by atomic mass is 19.1. The van der Waals surface area contributed by atoms with Crippen molar-refractivity contribution in [2.45, 2.75) is 13.0 Å². The van der Waals surface area contributed by atoms with Crippen molar-refractivity contribution in [3.05, 3.63) is 109 Å². The molecule has 0 atom stereocenters. The van der Waals surface area contributed by atoms with E-state index in [4.69, 9.17) is 0 Å². The zero-order chi connectivity index (χ0) is 17.8. The Morgan fingerprint density at radius 3 is 2.00 bits per heavy atom. The highest BCUT2D eigenvalue weighted by molar-refractivity contribution is 5.81. The predicted octanol–water partition coefficient (Wildman–Crippen LogP) is 6.20. The van der Waals surface area contributed by atoms with E-state index in [0.29, 0.717) is 0 Å². The lowest BCUT2D eigenvalue weighted by atomic mass is 10.0. The molecule has 4 rings (SSSR count). The van der Waals surface area contributed by atoms with Crippen molar-refractivity contribution >= 4 is 0 Å². The lowest BCUT2D eigenvalue weighted by Gasteiger charge is -2.13. The molecular weight excluding hydrogens is 321 g/mol. The van der Waals surface area contributed by atoms with Crippen LogP contribution in [0.1, 0.15) is 5.56 Å². The van der Waals surface area contributed by atoms with Crippen LogP contribution in [0.5, 0.6) is 0 Å². The summed E-state index contributed by atoms with van der Waals surface area (Å²) in [6.07, 6.45) is 3.09. The van der Waals surface area contributed by atoms with Gasteiger partial charge in [0.05, 0.1) is 5.69 Å². The minimum atomic E-state index is -0.211. The first kappa shape index (κ1) is 16.3. The molecule has 0 amide bonds. The molecule has 0 aliphatic carbocycles. The number of hydrogen-bond donors (Lipinski definition) is 0. The average Bonchev–Trinajstić information content (AvgIpc) is 3.12. The molecule has 0 radical (unpaired) electrons. The monoisotopic (exact) mass is 341 g/mol. The highest BCUT2D eigenvalue weighted by Gasteiger charge is 2.13. The van der Waals surface area contributed by atoms with Crippen molar-refractivity contribution in [3.8, 4) is 22.4 Å². The number of hydrogen-bond acceptors (Lipinski definition) is 0. The number of halogens is 1. The van der Waals surface area contributed by atoms with Crippen molar-refractivity contribution in [1.29, 1.82) is 0 Å². The molecule has 0 spiro atoms. The standard InChI is InChI=1S/C24H20FN/c25-22-13-11-21(12-14-22)24-23(20-9-5-2-6-10-20)16-18-26(24)17-15-19-7-3-1-4-8-19/h1-14,16,18H,15,17H2. The van der Waals surface area contributed by atoms with Crippen LogP contribution in [-0.4, -0.2) is 4.57 Å². The van der Waals surface area contributed by atoms with E-state index in [9.17, 15) is 4.39 Å². The summed E-state index contributed by atoms with van der Waals surface area (Å²) in [4.78, 5) is 0. The van der Waals surface area contributed by atoms with Crippen molar-refractivity contribution in [2.24, 2.45) is 0 Å². The van der Waals surface area contributed by atoms with Crippen molar-refractivity contribution < 1.29 is 4.39 Å². The number of nitrogens with zero attached hydrogens (tertiary/aromatic N) is 1. The molecule has 0 fully saturated rings. The molecular formula is C24H20FN. The Kier molecular flexibility index (Phi) is 4.65. The molecule has 1 aromatic heterocycles. The molecule has 26 heavy (non-hydrogen) atoms. The SMILES string of the molecule is Fc1ccc(-c2c(-c3ccccc3)ccn2CCc2ccccc2)cc1. The van der Waals surface area contributed by atoms with Crippen LogP contribution in [0.2, 0.25) is 0 Å². The van der Waals surface area contributed by atoms with Crippen LogP contribution >= 0.6 is 0 Å². The predicted molar refractivity (Wildman–Crippen MR) is 105 cm³/mol. The number of benzene rings is 3. The van der Waals surface area contributed by atoms with Crippen molar-refractivity contribution in [1.82, 2.24) is 4.57 Å². The summed E-state index contributed by atoms with van der Waals surface area (Å²) in [6.45, 7) is 0.879. The van der Waals surface area contributed by atoms with E-state index in [1.54, 1.807) is 0 Å². The highest BCUT2D eigenvalue weighted by Crippen LogP contribution is 2.33. The molecule has 0 saturated heterocycles. The van der Waals surface area contributed by atoms with Gasteiger partial charge >= 0.3 is 0 Å². The maximum absolute atomic E-state index is 13.4. The topological polar surface area (TPSA) is 4.93 Å². The molecule has 1 nitrogen and oxygen atoms in total. The summed E-state index contributed by atoms with van der Waals surface area (Å²) in [5.74, 6) is -0.211. The fourth-order valence-corrected chi connectivity index (χ4v) is 3.33. The van der Waals surface area contributed by atoms with Crippen LogP contribution in [0.25, 0.3) is 22.4 Å².